The van der Waals surface area contributed by atoms with Crippen molar-refractivity contribution in [2.75, 3.05) is 12.4 Å². The largest absolute Gasteiger partial charge is 0.450 e. The fraction of sp³-hybridized carbons (Fsp3) is 0.0556. The molecule has 0 fully saturated rings. The van der Waals surface area contributed by atoms with E-state index in [2.05, 4.69) is 31.3 Å². The summed E-state index contributed by atoms with van der Waals surface area (Å²) < 4.78 is 6.78. The standard InChI is InChI=1S/C18H10BrClN4O2/c1-24-18-15(21-12-7-9(20)3-4-11(12)22-18)17-16(25)14(23-24)10-6-8(19)2-5-13(10)26-17/h2-7,21H,1H3. The average Bonchev–Trinajstić information content (AvgIpc) is 2.68. The molecule has 0 radical (unpaired) electrons. The van der Waals surface area contributed by atoms with Gasteiger partial charge in [-0.05, 0) is 36.4 Å². The average molecular weight is 430 g/mol. The number of halogens is 2. The summed E-state index contributed by atoms with van der Waals surface area (Å²) in [6.45, 7) is 0. The van der Waals surface area contributed by atoms with Crippen LogP contribution in [0.3, 0.4) is 0 Å². The summed E-state index contributed by atoms with van der Waals surface area (Å²) in [5.41, 5.74) is 2.35. The zero-order valence-corrected chi connectivity index (χ0v) is 15.7. The number of nitrogens with one attached hydrogen (secondary N) is 1. The van der Waals surface area contributed by atoms with Gasteiger partial charge in [-0.3, -0.25) is 4.79 Å². The van der Waals surface area contributed by atoms with Gasteiger partial charge in [-0.2, -0.15) is 5.10 Å². The highest BCUT2D eigenvalue weighted by Crippen LogP contribution is 2.34. The molecule has 6 nitrogen and oxygen atoms in total. The van der Waals surface area contributed by atoms with Gasteiger partial charge in [0.05, 0.1) is 16.8 Å². The van der Waals surface area contributed by atoms with E-state index in [1.165, 1.54) is 0 Å². The van der Waals surface area contributed by atoms with Gasteiger partial charge >= 0.3 is 0 Å². The summed E-state index contributed by atoms with van der Waals surface area (Å²) >= 11 is 9.51. The van der Waals surface area contributed by atoms with Crippen LogP contribution in [0, 0.1) is 0 Å². The van der Waals surface area contributed by atoms with Crippen LogP contribution in [0.1, 0.15) is 0 Å². The van der Waals surface area contributed by atoms with Gasteiger partial charge in [0.1, 0.15) is 16.6 Å². The maximum absolute atomic E-state index is 13.0. The fourth-order valence-corrected chi connectivity index (χ4v) is 3.62. The smallest absolute Gasteiger partial charge is 0.251 e. The van der Waals surface area contributed by atoms with Crippen molar-refractivity contribution < 1.29 is 4.42 Å². The summed E-state index contributed by atoms with van der Waals surface area (Å²) in [5, 5.41) is 10.8. The Labute approximate surface area is 160 Å². The van der Waals surface area contributed by atoms with E-state index in [4.69, 9.17) is 16.0 Å². The van der Waals surface area contributed by atoms with Crippen molar-refractivity contribution in [3.05, 3.63) is 66.9 Å². The molecule has 0 saturated heterocycles. The summed E-state index contributed by atoms with van der Waals surface area (Å²) in [6.07, 6.45) is 0. The predicted molar refractivity (Wildman–Crippen MR) is 104 cm³/mol. The van der Waals surface area contributed by atoms with E-state index in [0.717, 1.165) is 4.47 Å². The van der Waals surface area contributed by atoms with E-state index >= 15 is 0 Å². The molecule has 26 heavy (non-hydrogen) atoms. The van der Waals surface area contributed by atoms with E-state index < -0.39 is 0 Å². The van der Waals surface area contributed by atoms with Crippen LogP contribution in [0.2, 0.25) is 5.02 Å². The summed E-state index contributed by atoms with van der Waals surface area (Å²) in [6, 6.07) is 10.8. The number of fused-ring (bicyclic) bond motifs is 6. The Balaban J connectivity index is 1.94. The second-order valence-electron chi connectivity index (χ2n) is 5.97. The van der Waals surface area contributed by atoms with E-state index in [-0.39, 0.29) is 10.8 Å². The molecule has 0 aliphatic carbocycles. The van der Waals surface area contributed by atoms with Gasteiger partial charge in [-0.25, -0.2) is 10.0 Å². The van der Waals surface area contributed by atoms with Gasteiger partial charge < -0.3 is 9.73 Å². The highest BCUT2D eigenvalue weighted by molar-refractivity contribution is 9.10. The maximum Gasteiger partial charge on any atom is 0.251 e. The molecular formula is C18H10BrClN4O2. The van der Waals surface area contributed by atoms with E-state index in [9.17, 15) is 4.79 Å². The first-order valence-electron chi connectivity index (χ1n) is 7.76. The monoisotopic (exact) mass is 428 g/mol. The molecule has 0 atom stereocenters. The summed E-state index contributed by atoms with van der Waals surface area (Å²) in [4.78, 5) is 17.6. The Hall–Kier alpha value is -2.64. The van der Waals surface area contributed by atoms with Crippen molar-refractivity contribution >= 4 is 61.4 Å². The minimum atomic E-state index is -0.291. The van der Waals surface area contributed by atoms with Crippen LogP contribution in [-0.2, 0) is 0 Å². The Bertz CT molecular complexity index is 1330. The Kier molecular flexibility index (Phi) is 3.26. The lowest BCUT2D eigenvalue weighted by atomic mass is 10.2. The third kappa shape index (κ3) is 2.21. The normalized spacial score (nSPS) is 14.8. The van der Waals surface area contributed by atoms with Crippen LogP contribution < -0.4 is 21.5 Å². The molecule has 2 bridgehead atoms. The zero-order valence-electron chi connectivity index (χ0n) is 13.4. The highest BCUT2D eigenvalue weighted by atomic mass is 79.9. The summed E-state index contributed by atoms with van der Waals surface area (Å²) in [7, 11) is 1.75. The minimum Gasteiger partial charge on any atom is -0.450 e. The number of amidine groups is 1. The molecule has 2 aliphatic heterocycles. The lowest BCUT2D eigenvalue weighted by Gasteiger charge is -2.23. The van der Waals surface area contributed by atoms with Gasteiger partial charge in [0, 0.05) is 16.5 Å². The van der Waals surface area contributed by atoms with E-state index in [1.807, 2.05) is 18.2 Å². The molecule has 8 heteroatoms. The Morgan fingerprint density at radius 3 is 2.92 bits per heavy atom. The molecule has 128 valence electrons. The van der Waals surface area contributed by atoms with Gasteiger partial charge in [0.2, 0.25) is 5.42 Å². The predicted octanol–water partition coefficient (Wildman–Crippen LogP) is 2.95. The van der Waals surface area contributed by atoms with Crippen LogP contribution in [0.4, 0.5) is 11.4 Å². The number of nitrogens with zero attached hydrogens (tertiary/aromatic N) is 3. The molecular weight excluding hydrogens is 420 g/mol. The molecule has 3 heterocycles. The third-order valence-corrected chi connectivity index (χ3v) is 5.01. The number of benzene rings is 2. The molecule has 0 spiro atoms. The lowest BCUT2D eigenvalue weighted by molar-refractivity contribution is 0.528. The first-order chi connectivity index (χ1) is 12.5. The number of hydrogen-bond donors (Lipinski definition) is 1. The van der Waals surface area contributed by atoms with Crippen molar-refractivity contribution in [2.45, 2.75) is 0 Å². The quantitative estimate of drug-likeness (QED) is 0.596. The molecule has 0 unspecified atom stereocenters. The van der Waals surface area contributed by atoms with Crippen molar-refractivity contribution in [3.8, 4) is 0 Å². The van der Waals surface area contributed by atoms with E-state index in [1.54, 1.807) is 30.3 Å². The van der Waals surface area contributed by atoms with Crippen molar-refractivity contribution in [1.82, 2.24) is 5.01 Å². The van der Waals surface area contributed by atoms with Gasteiger partial charge in [0.15, 0.2) is 5.84 Å². The Morgan fingerprint density at radius 1 is 1.23 bits per heavy atom. The van der Waals surface area contributed by atoms with Gasteiger partial charge in [0.25, 0.3) is 5.43 Å². The molecule has 0 saturated carbocycles. The van der Waals surface area contributed by atoms with Gasteiger partial charge in [-0.1, -0.05) is 27.5 Å². The molecule has 0 amide bonds. The first-order valence-corrected chi connectivity index (χ1v) is 8.93. The van der Waals surface area contributed by atoms with Crippen LogP contribution >= 0.6 is 27.5 Å². The molecule has 1 N–H and O–H groups in total. The number of rotatable bonds is 0. The highest BCUT2D eigenvalue weighted by Gasteiger charge is 2.26. The molecule has 2 aliphatic rings. The Morgan fingerprint density at radius 2 is 2.08 bits per heavy atom. The number of hydrogen-bond acceptors (Lipinski definition) is 6. The van der Waals surface area contributed by atoms with E-state index in [0.29, 0.717) is 44.3 Å². The van der Waals surface area contributed by atoms with Crippen LogP contribution in [0.5, 0.6) is 0 Å². The molecule has 3 aromatic rings. The molecule has 1 aromatic heterocycles. The maximum atomic E-state index is 13.0. The molecule has 2 aromatic carbocycles. The zero-order chi connectivity index (χ0) is 18.0. The summed E-state index contributed by atoms with van der Waals surface area (Å²) in [5.74, 6) is 0.505. The van der Waals surface area contributed by atoms with Crippen molar-refractivity contribution in [2.24, 2.45) is 10.1 Å². The topological polar surface area (TPSA) is 70.2 Å². The SMILES string of the molecule is CN1N=c2c(=O)c(oc3ccc(Br)cc23)=C2Nc3cc(Cl)ccc3N=C21. The number of anilines is 1. The number of likely N-dealkylation sites (N-methyl/N-ethyl adjacent to an activating group) is 1. The lowest BCUT2D eigenvalue weighted by Crippen LogP contribution is -2.40. The van der Waals surface area contributed by atoms with Crippen LogP contribution in [0.15, 0.2) is 60.2 Å². The van der Waals surface area contributed by atoms with Crippen molar-refractivity contribution in [1.29, 1.82) is 0 Å². The molecule has 5 rings (SSSR count). The number of aliphatic imine (C=N–C) groups is 1. The van der Waals surface area contributed by atoms with Crippen molar-refractivity contribution in [3.63, 3.8) is 0 Å². The fourth-order valence-electron chi connectivity index (χ4n) is 3.08. The minimum absolute atomic E-state index is 0.173. The second kappa shape index (κ2) is 5.43. The van der Waals surface area contributed by atoms with Gasteiger partial charge in [-0.15, -0.1) is 0 Å². The van der Waals surface area contributed by atoms with Crippen LogP contribution in [-0.4, -0.2) is 17.9 Å². The third-order valence-electron chi connectivity index (χ3n) is 4.28. The second-order valence-corrected chi connectivity index (χ2v) is 7.32. The van der Waals surface area contributed by atoms with Crippen LogP contribution in [0.25, 0.3) is 16.7 Å². The first kappa shape index (κ1) is 15.6.